The Labute approximate surface area is 139 Å². The van der Waals surface area contributed by atoms with E-state index in [2.05, 4.69) is 5.32 Å². The molecular formula is C18H16ClNO3. The first-order valence-corrected chi connectivity index (χ1v) is 7.62. The highest BCUT2D eigenvalue weighted by Gasteiger charge is 2.20. The molecular weight excluding hydrogens is 314 g/mol. The van der Waals surface area contributed by atoms with Crippen LogP contribution in [0.2, 0.25) is 5.02 Å². The fraction of sp³-hybridized carbons (Fsp3) is 0.167. The van der Waals surface area contributed by atoms with Crippen LogP contribution in [0.15, 0.2) is 54.6 Å². The summed E-state index contributed by atoms with van der Waals surface area (Å²) in [6, 6.07) is 14.7. The van der Waals surface area contributed by atoms with Gasteiger partial charge in [0.05, 0.1) is 13.2 Å². The Bertz CT molecular complexity index is 723. The van der Waals surface area contributed by atoms with E-state index in [0.717, 1.165) is 16.9 Å². The number of rotatable bonds is 3. The maximum Gasteiger partial charge on any atom is 0.413 e. The highest BCUT2D eigenvalue weighted by molar-refractivity contribution is 6.30. The quantitative estimate of drug-likeness (QED) is 0.898. The van der Waals surface area contributed by atoms with Crippen molar-refractivity contribution in [3.8, 4) is 5.75 Å². The van der Waals surface area contributed by atoms with E-state index in [-0.39, 0.29) is 6.04 Å². The molecule has 5 heteroatoms. The molecule has 0 bridgehead atoms. The Morgan fingerprint density at radius 3 is 2.48 bits per heavy atom. The summed E-state index contributed by atoms with van der Waals surface area (Å²) in [6.07, 6.45) is 2.08. The van der Waals surface area contributed by atoms with Crippen molar-refractivity contribution in [3.63, 3.8) is 0 Å². The van der Waals surface area contributed by atoms with Gasteiger partial charge in [0.2, 0.25) is 0 Å². The fourth-order valence-electron chi connectivity index (χ4n) is 2.44. The van der Waals surface area contributed by atoms with Gasteiger partial charge < -0.3 is 14.8 Å². The van der Waals surface area contributed by atoms with Crippen molar-refractivity contribution in [1.29, 1.82) is 0 Å². The predicted octanol–water partition coefficient (Wildman–Crippen LogP) is 4.56. The molecule has 0 radical (unpaired) electrons. The van der Waals surface area contributed by atoms with Crippen LogP contribution in [0.4, 0.5) is 4.79 Å². The zero-order valence-electron chi connectivity index (χ0n) is 12.6. The van der Waals surface area contributed by atoms with E-state index in [4.69, 9.17) is 21.1 Å². The topological polar surface area (TPSA) is 47.6 Å². The summed E-state index contributed by atoms with van der Waals surface area (Å²) in [5, 5.41) is 3.51. The van der Waals surface area contributed by atoms with Gasteiger partial charge in [0.15, 0.2) is 0 Å². The fourth-order valence-corrected chi connectivity index (χ4v) is 2.57. The molecule has 1 N–H and O–H groups in total. The summed E-state index contributed by atoms with van der Waals surface area (Å²) < 4.78 is 10.5. The van der Waals surface area contributed by atoms with E-state index in [1.807, 2.05) is 42.5 Å². The molecule has 1 aliphatic heterocycles. The lowest BCUT2D eigenvalue weighted by Gasteiger charge is -2.15. The molecule has 1 heterocycles. The lowest BCUT2D eigenvalue weighted by Crippen LogP contribution is -2.26. The number of carbonyl (C=O) groups is 1. The average molecular weight is 330 g/mol. The van der Waals surface area contributed by atoms with E-state index < -0.39 is 6.09 Å². The second-order valence-corrected chi connectivity index (χ2v) is 5.61. The van der Waals surface area contributed by atoms with Gasteiger partial charge in [-0.25, -0.2) is 4.79 Å². The van der Waals surface area contributed by atoms with Crippen molar-refractivity contribution >= 4 is 23.5 Å². The number of alkyl carbamates (subject to hydrolysis) is 1. The van der Waals surface area contributed by atoms with Gasteiger partial charge in [-0.3, -0.25) is 0 Å². The van der Waals surface area contributed by atoms with Crippen LogP contribution in [0.3, 0.4) is 0 Å². The van der Waals surface area contributed by atoms with Crippen LogP contribution in [0.5, 0.6) is 5.75 Å². The van der Waals surface area contributed by atoms with E-state index in [0.29, 0.717) is 17.2 Å². The molecule has 3 rings (SSSR count). The van der Waals surface area contributed by atoms with Gasteiger partial charge >= 0.3 is 6.09 Å². The Kier molecular flexibility index (Phi) is 4.53. The molecule has 0 aliphatic carbocycles. The first-order valence-electron chi connectivity index (χ1n) is 7.24. The Hall–Kier alpha value is -2.46. The lowest BCUT2D eigenvalue weighted by molar-refractivity contribution is 0.190. The molecule has 0 fully saturated rings. The monoisotopic (exact) mass is 329 g/mol. The van der Waals surface area contributed by atoms with Crippen molar-refractivity contribution in [3.05, 3.63) is 70.8 Å². The summed E-state index contributed by atoms with van der Waals surface area (Å²) in [4.78, 5) is 12.0. The molecule has 23 heavy (non-hydrogen) atoms. The summed E-state index contributed by atoms with van der Waals surface area (Å²) in [6.45, 7) is 0. The number of halogens is 1. The van der Waals surface area contributed by atoms with Crippen LogP contribution in [0.1, 0.15) is 23.6 Å². The minimum absolute atomic E-state index is 0.141. The number of ether oxygens (including phenoxy) is 2. The molecule has 0 spiro atoms. The molecule has 0 aromatic heterocycles. The third-order valence-corrected chi connectivity index (χ3v) is 3.93. The molecule has 4 nitrogen and oxygen atoms in total. The minimum atomic E-state index is -0.468. The number of benzene rings is 2. The van der Waals surface area contributed by atoms with Crippen LogP contribution in [0.25, 0.3) is 5.76 Å². The second kappa shape index (κ2) is 6.75. The SMILES string of the molecule is COc1ccc(C2CC=C(c3ccc(Cl)cc3)OC(=O)N2)cc1. The van der Waals surface area contributed by atoms with Crippen LogP contribution >= 0.6 is 11.6 Å². The lowest BCUT2D eigenvalue weighted by atomic mass is 10.0. The smallest absolute Gasteiger partial charge is 0.413 e. The average Bonchev–Trinajstić information content (AvgIpc) is 2.77. The predicted molar refractivity (Wildman–Crippen MR) is 89.4 cm³/mol. The number of cyclic esters (lactones) is 1. The van der Waals surface area contributed by atoms with Crippen molar-refractivity contribution in [2.75, 3.05) is 7.11 Å². The van der Waals surface area contributed by atoms with E-state index in [1.165, 1.54) is 0 Å². The molecule has 1 atom stereocenters. The maximum atomic E-state index is 12.0. The molecule has 1 aliphatic rings. The van der Waals surface area contributed by atoms with Crippen LogP contribution in [-0.4, -0.2) is 13.2 Å². The van der Waals surface area contributed by atoms with Gasteiger partial charge in [-0.1, -0.05) is 23.7 Å². The number of hydrogen-bond donors (Lipinski definition) is 1. The van der Waals surface area contributed by atoms with Gasteiger partial charge in [-0.15, -0.1) is 0 Å². The van der Waals surface area contributed by atoms with Crippen molar-refractivity contribution < 1.29 is 14.3 Å². The second-order valence-electron chi connectivity index (χ2n) is 5.17. The largest absolute Gasteiger partial charge is 0.497 e. The number of amides is 1. The molecule has 0 saturated heterocycles. The Morgan fingerprint density at radius 1 is 1.13 bits per heavy atom. The Balaban J connectivity index is 1.83. The zero-order chi connectivity index (χ0) is 16.2. The third-order valence-electron chi connectivity index (χ3n) is 3.68. The van der Waals surface area contributed by atoms with E-state index in [1.54, 1.807) is 19.2 Å². The molecule has 1 amide bonds. The highest BCUT2D eigenvalue weighted by Crippen LogP contribution is 2.27. The number of nitrogens with one attached hydrogen (secondary N) is 1. The van der Waals surface area contributed by atoms with Crippen LogP contribution in [0, 0.1) is 0 Å². The van der Waals surface area contributed by atoms with Gasteiger partial charge in [0.1, 0.15) is 11.5 Å². The summed E-state index contributed by atoms with van der Waals surface area (Å²) in [7, 11) is 1.62. The highest BCUT2D eigenvalue weighted by atomic mass is 35.5. The van der Waals surface area contributed by atoms with E-state index >= 15 is 0 Å². The molecule has 2 aromatic carbocycles. The standard InChI is InChI=1S/C18H16ClNO3/c1-22-15-8-4-12(5-9-15)16-10-11-17(23-18(21)20-16)13-2-6-14(19)7-3-13/h2-9,11,16H,10H2,1H3,(H,20,21). The van der Waals surface area contributed by atoms with Crippen molar-refractivity contribution in [1.82, 2.24) is 5.32 Å². The van der Waals surface area contributed by atoms with E-state index in [9.17, 15) is 4.79 Å². The zero-order valence-corrected chi connectivity index (χ0v) is 13.3. The normalized spacial score (nSPS) is 17.6. The summed E-state index contributed by atoms with van der Waals surface area (Å²) >= 11 is 5.89. The maximum absolute atomic E-state index is 12.0. The first kappa shape index (κ1) is 15.4. The Morgan fingerprint density at radius 2 is 1.83 bits per heavy atom. The minimum Gasteiger partial charge on any atom is -0.497 e. The summed E-state index contributed by atoms with van der Waals surface area (Å²) in [5.74, 6) is 1.32. The number of hydrogen-bond acceptors (Lipinski definition) is 3. The van der Waals surface area contributed by atoms with Gasteiger partial charge in [-0.2, -0.15) is 0 Å². The molecule has 118 valence electrons. The molecule has 2 aromatic rings. The molecule has 0 saturated carbocycles. The van der Waals surface area contributed by atoms with Crippen LogP contribution < -0.4 is 10.1 Å². The van der Waals surface area contributed by atoms with Gasteiger partial charge in [-0.05, 0) is 54.5 Å². The number of carbonyl (C=O) groups excluding carboxylic acids is 1. The summed E-state index contributed by atoms with van der Waals surface area (Å²) in [5.41, 5.74) is 1.82. The van der Waals surface area contributed by atoms with Crippen LogP contribution in [-0.2, 0) is 4.74 Å². The molecule has 1 unspecified atom stereocenters. The number of methoxy groups -OCH3 is 1. The first-order chi connectivity index (χ1) is 11.2. The van der Waals surface area contributed by atoms with Crippen molar-refractivity contribution in [2.24, 2.45) is 0 Å². The van der Waals surface area contributed by atoms with Gasteiger partial charge in [0, 0.05) is 10.6 Å². The van der Waals surface area contributed by atoms with Crippen molar-refractivity contribution in [2.45, 2.75) is 12.5 Å². The van der Waals surface area contributed by atoms with Gasteiger partial charge in [0.25, 0.3) is 0 Å². The third kappa shape index (κ3) is 3.66.